The summed E-state index contributed by atoms with van der Waals surface area (Å²) in [5.74, 6) is 0.903. The number of nitrogens with one attached hydrogen (secondary N) is 1. The normalized spacial score (nSPS) is 20.1. The van der Waals surface area contributed by atoms with E-state index in [9.17, 15) is 9.59 Å². The lowest BCUT2D eigenvalue weighted by molar-refractivity contribution is 0.0997. The van der Waals surface area contributed by atoms with Crippen molar-refractivity contribution < 1.29 is 9.21 Å². The largest absolute Gasteiger partial charge is 0.451 e. The average Bonchev–Trinajstić information content (AvgIpc) is 3.08. The van der Waals surface area contributed by atoms with Gasteiger partial charge in [0.15, 0.2) is 16.3 Å². The molecule has 3 heterocycles. The Morgan fingerprint density at radius 1 is 1.28 bits per heavy atom. The van der Waals surface area contributed by atoms with Gasteiger partial charge in [0.1, 0.15) is 5.58 Å². The number of nitrogens with zero attached hydrogens (tertiary/aromatic N) is 2. The van der Waals surface area contributed by atoms with Gasteiger partial charge in [0.25, 0.3) is 5.91 Å². The van der Waals surface area contributed by atoms with Crippen LogP contribution < -0.4 is 10.7 Å². The van der Waals surface area contributed by atoms with Crippen LogP contribution in [0.4, 0.5) is 5.13 Å². The molecule has 0 spiro atoms. The first-order chi connectivity index (χ1) is 13.9. The summed E-state index contributed by atoms with van der Waals surface area (Å²) in [7, 11) is 0. The van der Waals surface area contributed by atoms with Crippen LogP contribution in [0.15, 0.2) is 38.9 Å². The van der Waals surface area contributed by atoms with Crippen LogP contribution in [0.2, 0.25) is 0 Å². The van der Waals surface area contributed by atoms with Gasteiger partial charge < -0.3 is 4.42 Å². The molecule has 1 saturated heterocycles. The summed E-state index contributed by atoms with van der Waals surface area (Å²) in [5.41, 5.74) is 2.09. The second-order valence-corrected chi connectivity index (χ2v) is 9.07. The molecule has 152 valence electrons. The summed E-state index contributed by atoms with van der Waals surface area (Å²) in [5, 5.41) is 5.71. The van der Waals surface area contributed by atoms with E-state index in [1.807, 2.05) is 18.4 Å². The number of fused-ring (bicyclic) bond motifs is 1. The molecular formula is C22H25N3O3S. The molecule has 0 aliphatic carbocycles. The summed E-state index contributed by atoms with van der Waals surface area (Å²) < 4.78 is 5.64. The Bertz CT molecular complexity index is 1090. The zero-order valence-electron chi connectivity index (χ0n) is 16.9. The van der Waals surface area contributed by atoms with Gasteiger partial charge >= 0.3 is 0 Å². The number of benzene rings is 1. The quantitative estimate of drug-likeness (QED) is 0.693. The van der Waals surface area contributed by atoms with Crippen LogP contribution in [0.5, 0.6) is 0 Å². The maximum Gasteiger partial charge on any atom is 0.293 e. The molecule has 0 saturated carbocycles. The molecule has 29 heavy (non-hydrogen) atoms. The van der Waals surface area contributed by atoms with Gasteiger partial charge in [0, 0.05) is 31.1 Å². The highest BCUT2D eigenvalue weighted by Gasteiger charge is 2.22. The van der Waals surface area contributed by atoms with Crippen LogP contribution in [-0.4, -0.2) is 28.9 Å². The molecule has 1 fully saturated rings. The highest BCUT2D eigenvalue weighted by molar-refractivity contribution is 7.13. The molecule has 1 aliphatic rings. The van der Waals surface area contributed by atoms with Crippen LogP contribution in [0.1, 0.15) is 42.1 Å². The molecule has 3 aromatic rings. The van der Waals surface area contributed by atoms with E-state index in [1.54, 1.807) is 12.1 Å². The number of amides is 1. The molecule has 4 rings (SSSR count). The monoisotopic (exact) mass is 411 g/mol. The standard InChI is InChI=1S/C22H25N3O3S/c1-13-4-5-19-17(7-13)18(26)8-20(28-19)21(27)24-22-23-16(12-29-22)11-25-9-14(2)6-15(3)10-25/h4-5,7-8,12,14-15H,6,9-11H2,1-3H3,(H,23,24,27). The lowest BCUT2D eigenvalue weighted by Gasteiger charge is -2.34. The van der Waals surface area contributed by atoms with Crippen molar-refractivity contribution in [3.05, 3.63) is 56.9 Å². The molecule has 6 nitrogen and oxygen atoms in total. The summed E-state index contributed by atoms with van der Waals surface area (Å²) >= 11 is 1.38. The summed E-state index contributed by atoms with van der Waals surface area (Å²) in [6.07, 6.45) is 1.27. The number of likely N-dealkylation sites (tertiary alicyclic amines) is 1. The van der Waals surface area contributed by atoms with Crippen LogP contribution in [0.3, 0.4) is 0 Å². The number of aryl methyl sites for hydroxylation is 1. The fraction of sp³-hybridized carbons (Fsp3) is 0.409. The Morgan fingerprint density at radius 2 is 2.03 bits per heavy atom. The maximum absolute atomic E-state index is 12.6. The number of hydrogen-bond donors (Lipinski definition) is 1. The van der Waals surface area contributed by atoms with Crippen molar-refractivity contribution in [1.29, 1.82) is 0 Å². The van der Waals surface area contributed by atoms with Crippen molar-refractivity contribution in [2.24, 2.45) is 11.8 Å². The van der Waals surface area contributed by atoms with E-state index in [4.69, 9.17) is 4.42 Å². The Morgan fingerprint density at radius 3 is 2.79 bits per heavy atom. The summed E-state index contributed by atoms with van der Waals surface area (Å²) in [6.45, 7) is 9.41. The van der Waals surface area contributed by atoms with Gasteiger partial charge in [-0.25, -0.2) is 4.98 Å². The van der Waals surface area contributed by atoms with Crippen LogP contribution in [0.25, 0.3) is 11.0 Å². The van der Waals surface area contributed by atoms with E-state index in [-0.39, 0.29) is 11.2 Å². The first-order valence-electron chi connectivity index (χ1n) is 9.90. The number of aromatic nitrogens is 1. The van der Waals surface area contributed by atoms with Gasteiger partial charge in [0.05, 0.1) is 11.1 Å². The van der Waals surface area contributed by atoms with Crippen LogP contribution in [-0.2, 0) is 6.54 Å². The van der Waals surface area contributed by atoms with Gasteiger partial charge in [0.2, 0.25) is 0 Å². The summed E-state index contributed by atoms with van der Waals surface area (Å²) in [6, 6.07) is 6.56. The number of anilines is 1. The third kappa shape index (κ3) is 4.57. The zero-order chi connectivity index (χ0) is 20.5. The average molecular weight is 412 g/mol. The van der Waals surface area contributed by atoms with Crippen molar-refractivity contribution in [2.75, 3.05) is 18.4 Å². The van der Waals surface area contributed by atoms with Gasteiger partial charge in [-0.15, -0.1) is 11.3 Å². The lowest BCUT2D eigenvalue weighted by Crippen LogP contribution is -2.38. The fourth-order valence-electron chi connectivity index (χ4n) is 4.13. The van der Waals surface area contributed by atoms with Crippen molar-refractivity contribution in [3.63, 3.8) is 0 Å². The van der Waals surface area contributed by atoms with Crippen molar-refractivity contribution >= 4 is 33.3 Å². The highest BCUT2D eigenvalue weighted by Crippen LogP contribution is 2.24. The first kappa shape index (κ1) is 19.8. The Hall–Kier alpha value is -2.51. The van der Waals surface area contributed by atoms with Gasteiger partial charge in [-0.05, 0) is 37.3 Å². The minimum atomic E-state index is -0.467. The SMILES string of the molecule is Cc1ccc2oc(C(=O)Nc3nc(CN4CC(C)CC(C)C4)cs3)cc(=O)c2c1. The zero-order valence-corrected chi connectivity index (χ0v) is 17.7. The second kappa shape index (κ2) is 8.08. The molecule has 1 aliphatic heterocycles. The Balaban J connectivity index is 1.46. The molecule has 1 N–H and O–H groups in total. The van der Waals surface area contributed by atoms with E-state index in [2.05, 4.69) is 29.0 Å². The van der Waals surface area contributed by atoms with E-state index in [0.717, 1.165) is 30.9 Å². The molecule has 1 aromatic carbocycles. The van der Waals surface area contributed by atoms with E-state index < -0.39 is 5.91 Å². The number of piperidine rings is 1. The number of rotatable bonds is 4. The Labute approximate surface area is 173 Å². The van der Waals surface area contributed by atoms with Gasteiger partial charge in [-0.2, -0.15) is 0 Å². The van der Waals surface area contributed by atoms with Crippen LogP contribution >= 0.6 is 11.3 Å². The molecule has 0 bridgehead atoms. The molecule has 0 radical (unpaired) electrons. The molecule has 2 atom stereocenters. The van der Waals surface area contributed by atoms with Crippen molar-refractivity contribution in [1.82, 2.24) is 9.88 Å². The van der Waals surface area contributed by atoms with E-state index >= 15 is 0 Å². The van der Waals surface area contributed by atoms with E-state index in [0.29, 0.717) is 27.9 Å². The topological polar surface area (TPSA) is 75.4 Å². The molecule has 7 heteroatoms. The van der Waals surface area contributed by atoms with Crippen molar-refractivity contribution in [2.45, 2.75) is 33.7 Å². The van der Waals surface area contributed by atoms with Gasteiger partial charge in [-0.1, -0.05) is 25.5 Å². The predicted molar refractivity (Wildman–Crippen MR) is 116 cm³/mol. The van der Waals surface area contributed by atoms with Crippen LogP contribution in [0, 0.1) is 18.8 Å². The second-order valence-electron chi connectivity index (χ2n) is 8.21. The number of hydrogen-bond acceptors (Lipinski definition) is 6. The van der Waals surface area contributed by atoms with Crippen molar-refractivity contribution in [3.8, 4) is 0 Å². The third-order valence-electron chi connectivity index (χ3n) is 5.21. The molecule has 2 aromatic heterocycles. The number of carbonyl (C=O) groups excluding carboxylic acids is 1. The molecular weight excluding hydrogens is 386 g/mol. The molecule has 1 amide bonds. The smallest absolute Gasteiger partial charge is 0.293 e. The van der Waals surface area contributed by atoms with E-state index in [1.165, 1.54) is 23.8 Å². The van der Waals surface area contributed by atoms with Gasteiger partial charge in [-0.3, -0.25) is 19.8 Å². The highest BCUT2D eigenvalue weighted by atomic mass is 32.1. The molecule has 2 unspecified atom stereocenters. The summed E-state index contributed by atoms with van der Waals surface area (Å²) in [4.78, 5) is 31.9. The lowest BCUT2D eigenvalue weighted by atomic mass is 9.92. The third-order valence-corrected chi connectivity index (χ3v) is 6.02. The maximum atomic E-state index is 12.6. The number of thiazole rings is 1. The minimum absolute atomic E-state index is 0.0122. The Kier molecular flexibility index (Phi) is 5.52. The first-order valence-corrected chi connectivity index (χ1v) is 10.8. The number of carbonyl (C=O) groups is 1. The predicted octanol–water partition coefficient (Wildman–Crippen LogP) is 4.29. The fourth-order valence-corrected chi connectivity index (χ4v) is 4.82. The minimum Gasteiger partial charge on any atom is -0.451 e.